The monoisotopic (exact) mass is 290 g/mol. The predicted octanol–water partition coefficient (Wildman–Crippen LogP) is 4.63. The third kappa shape index (κ3) is 1.32. The topological polar surface area (TPSA) is 17.1 Å². The number of fused-ring (bicyclic) bond motifs is 3. The SMILES string of the molecule is O=Cc1sc2ccc3ccccc3c2c1Br. The van der Waals surface area contributed by atoms with Crippen LogP contribution >= 0.6 is 27.3 Å². The molecule has 2 aromatic carbocycles. The van der Waals surface area contributed by atoms with E-state index in [2.05, 4.69) is 40.2 Å². The highest BCUT2D eigenvalue weighted by atomic mass is 79.9. The lowest BCUT2D eigenvalue weighted by atomic mass is 10.1. The van der Waals surface area contributed by atoms with Gasteiger partial charge in [0.05, 0.1) is 4.88 Å². The summed E-state index contributed by atoms with van der Waals surface area (Å²) in [7, 11) is 0. The van der Waals surface area contributed by atoms with Crippen LogP contribution in [0.1, 0.15) is 9.67 Å². The van der Waals surface area contributed by atoms with Crippen molar-refractivity contribution in [2.45, 2.75) is 0 Å². The molecule has 3 rings (SSSR count). The van der Waals surface area contributed by atoms with Gasteiger partial charge < -0.3 is 0 Å². The number of rotatable bonds is 1. The number of aldehydes is 1. The Kier molecular flexibility index (Phi) is 2.30. The number of benzene rings is 2. The second kappa shape index (κ2) is 3.68. The van der Waals surface area contributed by atoms with E-state index in [0.717, 1.165) is 25.7 Å². The van der Waals surface area contributed by atoms with Gasteiger partial charge in [0.15, 0.2) is 6.29 Å². The van der Waals surface area contributed by atoms with Crippen LogP contribution in [0.3, 0.4) is 0 Å². The summed E-state index contributed by atoms with van der Waals surface area (Å²) in [6, 6.07) is 12.4. The minimum atomic E-state index is 0.756. The first kappa shape index (κ1) is 10.00. The highest BCUT2D eigenvalue weighted by Crippen LogP contribution is 2.38. The molecule has 0 saturated carbocycles. The summed E-state index contributed by atoms with van der Waals surface area (Å²) in [4.78, 5) is 11.7. The molecule has 0 aliphatic rings. The quantitative estimate of drug-likeness (QED) is 0.597. The Balaban J connectivity index is 2.59. The zero-order valence-corrected chi connectivity index (χ0v) is 10.6. The van der Waals surface area contributed by atoms with Crippen LogP contribution in [0.4, 0.5) is 0 Å². The van der Waals surface area contributed by atoms with Gasteiger partial charge in [-0.15, -0.1) is 11.3 Å². The molecule has 78 valence electrons. The van der Waals surface area contributed by atoms with Gasteiger partial charge in [-0.05, 0) is 32.8 Å². The number of carbonyl (C=O) groups excluding carboxylic acids is 1. The van der Waals surface area contributed by atoms with Gasteiger partial charge in [0.1, 0.15) is 0 Å². The summed E-state index contributed by atoms with van der Waals surface area (Å²) in [5, 5.41) is 3.53. The van der Waals surface area contributed by atoms with Crippen molar-refractivity contribution in [3.8, 4) is 0 Å². The molecular formula is C13H7BrOS. The summed E-state index contributed by atoms with van der Waals surface area (Å²) in [6.07, 6.45) is 0.906. The molecule has 0 bridgehead atoms. The van der Waals surface area contributed by atoms with E-state index < -0.39 is 0 Å². The molecule has 0 fully saturated rings. The molecule has 0 saturated heterocycles. The second-order valence-electron chi connectivity index (χ2n) is 3.56. The van der Waals surface area contributed by atoms with Gasteiger partial charge in [-0.3, -0.25) is 4.79 Å². The fourth-order valence-electron chi connectivity index (χ4n) is 1.93. The van der Waals surface area contributed by atoms with Crippen molar-refractivity contribution in [2.75, 3.05) is 0 Å². The third-order valence-corrected chi connectivity index (χ3v) is 4.82. The molecule has 0 spiro atoms. The van der Waals surface area contributed by atoms with Crippen molar-refractivity contribution in [3.63, 3.8) is 0 Å². The Morgan fingerprint density at radius 1 is 1.12 bits per heavy atom. The number of carbonyl (C=O) groups is 1. The van der Waals surface area contributed by atoms with Gasteiger partial charge in [-0.2, -0.15) is 0 Å². The molecule has 1 nitrogen and oxygen atoms in total. The maximum atomic E-state index is 10.9. The van der Waals surface area contributed by atoms with Crippen LogP contribution in [-0.4, -0.2) is 6.29 Å². The summed E-state index contributed by atoms with van der Waals surface area (Å²) in [6.45, 7) is 0. The van der Waals surface area contributed by atoms with Crippen LogP contribution in [-0.2, 0) is 0 Å². The Hall–Kier alpha value is -1.19. The van der Waals surface area contributed by atoms with Crippen molar-refractivity contribution in [1.29, 1.82) is 0 Å². The molecule has 3 heteroatoms. The number of thiophene rings is 1. The van der Waals surface area contributed by atoms with E-state index in [0.29, 0.717) is 0 Å². The first-order valence-electron chi connectivity index (χ1n) is 4.86. The largest absolute Gasteiger partial charge is 0.297 e. The zero-order valence-electron chi connectivity index (χ0n) is 8.24. The highest BCUT2D eigenvalue weighted by molar-refractivity contribution is 9.10. The van der Waals surface area contributed by atoms with Crippen molar-refractivity contribution < 1.29 is 4.79 Å². The molecule has 16 heavy (non-hydrogen) atoms. The molecular weight excluding hydrogens is 284 g/mol. The smallest absolute Gasteiger partial charge is 0.161 e. The van der Waals surface area contributed by atoms with E-state index in [1.165, 1.54) is 22.1 Å². The lowest BCUT2D eigenvalue weighted by molar-refractivity contribution is 0.112. The standard InChI is InChI=1S/C13H7BrOS/c14-13-11(7-15)16-10-6-5-8-3-1-2-4-9(8)12(10)13/h1-7H. The molecule has 0 unspecified atom stereocenters. The Morgan fingerprint density at radius 2 is 1.94 bits per heavy atom. The first-order chi connectivity index (χ1) is 7.81. The molecule has 0 atom stereocenters. The van der Waals surface area contributed by atoms with Crippen LogP contribution in [0, 0.1) is 0 Å². The zero-order chi connectivity index (χ0) is 11.1. The van der Waals surface area contributed by atoms with Gasteiger partial charge in [0, 0.05) is 14.6 Å². The fourth-order valence-corrected chi connectivity index (χ4v) is 3.75. The van der Waals surface area contributed by atoms with Gasteiger partial charge in [0.2, 0.25) is 0 Å². The van der Waals surface area contributed by atoms with Crippen LogP contribution in [0.15, 0.2) is 40.9 Å². The predicted molar refractivity (Wildman–Crippen MR) is 72.4 cm³/mol. The summed E-state index contributed by atoms with van der Waals surface area (Å²) in [5.74, 6) is 0. The van der Waals surface area contributed by atoms with Gasteiger partial charge in [-0.25, -0.2) is 0 Å². The van der Waals surface area contributed by atoms with E-state index in [-0.39, 0.29) is 0 Å². The molecule has 0 amide bonds. The fraction of sp³-hybridized carbons (Fsp3) is 0. The summed E-state index contributed by atoms with van der Waals surface area (Å²) >= 11 is 5.04. The molecule has 1 heterocycles. The van der Waals surface area contributed by atoms with E-state index >= 15 is 0 Å². The van der Waals surface area contributed by atoms with Crippen LogP contribution in [0.25, 0.3) is 20.9 Å². The van der Waals surface area contributed by atoms with Gasteiger partial charge >= 0.3 is 0 Å². The minimum absolute atomic E-state index is 0.756. The number of halogens is 1. The Labute approximate surface area is 105 Å². The molecule has 0 aliphatic carbocycles. The average molecular weight is 291 g/mol. The van der Waals surface area contributed by atoms with Crippen LogP contribution in [0.5, 0.6) is 0 Å². The lowest BCUT2D eigenvalue weighted by Crippen LogP contribution is -1.74. The lowest BCUT2D eigenvalue weighted by Gasteiger charge is -1.99. The Morgan fingerprint density at radius 3 is 2.75 bits per heavy atom. The van der Waals surface area contributed by atoms with E-state index in [1.54, 1.807) is 0 Å². The first-order valence-corrected chi connectivity index (χ1v) is 6.47. The van der Waals surface area contributed by atoms with Gasteiger partial charge in [0.25, 0.3) is 0 Å². The normalized spacial score (nSPS) is 11.1. The maximum absolute atomic E-state index is 10.9. The molecule has 1 aromatic heterocycles. The average Bonchev–Trinajstić information content (AvgIpc) is 2.66. The minimum Gasteiger partial charge on any atom is -0.297 e. The van der Waals surface area contributed by atoms with Gasteiger partial charge in [-0.1, -0.05) is 30.3 Å². The molecule has 0 N–H and O–H groups in total. The van der Waals surface area contributed by atoms with E-state index in [4.69, 9.17) is 0 Å². The molecule has 3 aromatic rings. The molecule has 0 aliphatic heterocycles. The van der Waals surface area contributed by atoms with Crippen molar-refractivity contribution in [1.82, 2.24) is 0 Å². The van der Waals surface area contributed by atoms with Crippen molar-refractivity contribution in [3.05, 3.63) is 45.7 Å². The van der Waals surface area contributed by atoms with Crippen LogP contribution < -0.4 is 0 Å². The highest BCUT2D eigenvalue weighted by Gasteiger charge is 2.11. The van der Waals surface area contributed by atoms with Crippen molar-refractivity contribution >= 4 is 54.4 Å². The van der Waals surface area contributed by atoms with Crippen LogP contribution in [0.2, 0.25) is 0 Å². The maximum Gasteiger partial charge on any atom is 0.161 e. The summed E-state index contributed by atoms with van der Waals surface area (Å²) < 4.78 is 2.06. The Bertz CT molecular complexity index is 700. The van der Waals surface area contributed by atoms with E-state index in [1.807, 2.05) is 12.1 Å². The number of hydrogen-bond donors (Lipinski definition) is 0. The molecule has 0 radical (unpaired) electrons. The third-order valence-electron chi connectivity index (χ3n) is 2.65. The summed E-state index contributed by atoms with van der Waals surface area (Å²) in [5.41, 5.74) is 0. The number of hydrogen-bond acceptors (Lipinski definition) is 2. The van der Waals surface area contributed by atoms with Crippen molar-refractivity contribution in [2.24, 2.45) is 0 Å². The second-order valence-corrected chi connectivity index (χ2v) is 5.43. The van der Waals surface area contributed by atoms with E-state index in [9.17, 15) is 4.79 Å².